The van der Waals surface area contributed by atoms with Crippen molar-refractivity contribution in [2.45, 2.75) is 6.54 Å². The summed E-state index contributed by atoms with van der Waals surface area (Å²) in [5, 5.41) is 11.6. The third kappa shape index (κ3) is 3.68. The van der Waals surface area contributed by atoms with Crippen LogP contribution in [0.1, 0.15) is 25.6 Å². The van der Waals surface area contributed by atoms with Crippen LogP contribution in [-0.4, -0.2) is 17.0 Å². The molecular formula is C13H9Br2NO3S. The van der Waals surface area contributed by atoms with Crippen LogP contribution in [-0.2, 0) is 6.54 Å². The molecule has 1 aromatic heterocycles. The van der Waals surface area contributed by atoms with Crippen LogP contribution in [0.3, 0.4) is 0 Å². The molecule has 0 radical (unpaired) electrons. The first-order valence-corrected chi connectivity index (χ1v) is 7.93. The fourth-order valence-corrected chi connectivity index (χ4v) is 3.45. The average Bonchev–Trinajstić information content (AvgIpc) is 2.76. The minimum Gasteiger partial charge on any atom is -0.478 e. The highest BCUT2D eigenvalue weighted by Gasteiger charge is 2.11. The fourth-order valence-electron chi connectivity index (χ4n) is 1.49. The number of hydrogen-bond donors (Lipinski definition) is 2. The van der Waals surface area contributed by atoms with E-state index in [1.165, 1.54) is 23.5 Å². The molecule has 2 N–H and O–H groups in total. The maximum atomic E-state index is 11.9. The SMILES string of the molecule is O=C(O)c1ccc(CNC(=O)c2cc(Br)c(Br)s2)cc1. The summed E-state index contributed by atoms with van der Waals surface area (Å²) in [5.41, 5.74) is 1.07. The van der Waals surface area contributed by atoms with Crippen molar-refractivity contribution in [3.63, 3.8) is 0 Å². The number of benzene rings is 1. The smallest absolute Gasteiger partial charge is 0.335 e. The third-order valence-corrected chi connectivity index (χ3v) is 5.78. The van der Waals surface area contributed by atoms with Crippen molar-refractivity contribution in [2.75, 3.05) is 0 Å². The Labute approximate surface area is 136 Å². The summed E-state index contributed by atoms with van der Waals surface area (Å²) in [7, 11) is 0. The van der Waals surface area contributed by atoms with Crippen LogP contribution in [0.2, 0.25) is 0 Å². The van der Waals surface area contributed by atoms with Gasteiger partial charge >= 0.3 is 5.97 Å². The van der Waals surface area contributed by atoms with Gasteiger partial charge in [0.05, 0.1) is 14.2 Å². The molecule has 1 amide bonds. The van der Waals surface area contributed by atoms with Gasteiger partial charge in [-0.25, -0.2) is 4.79 Å². The number of aromatic carboxylic acids is 1. The molecule has 0 unspecified atom stereocenters. The number of carbonyl (C=O) groups is 2. The van der Waals surface area contributed by atoms with Gasteiger partial charge in [-0.05, 0) is 55.6 Å². The molecule has 0 aliphatic carbocycles. The number of hydrogen-bond acceptors (Lipinski definition) is 3. The second-order valence-corrected chi connectivity index (χ2v) is 7.14. The van der Waals surface area contributed by atoms with Gasteiger partial charge in [0.15, 0.2) is 0 Å². The number of carboxylic acid groups (broad SMARTS) is 1. The number of thiophene rings is 1. The van der Waals surface area contributed by atoms with E-state index in [9.17, 15) is 9.59 Å². The average molecular weight is 419 g/mol. The lowest BCUT2D eigenvalue weighted by molar-refractivity contribution is 0.0696. The molecule has 2 rings (SSSR count). The monoisotopic (exact) mass is 417 g/mol. The van der Waals surface area contributed by atoms with E-state index in [0.29, 0.717) is 11.4 Å². The molecule has 7 heteroatoms. The van der Waals surface area contributed by atoms with E-state index < -0.39 is 5.97 Å². The number of carboxylic acids is 1. The summed E-state index contributed by atoms with van der Waals surface area (Å²) in [4.78, 5) is 23.2. The lowest BCUT2D eigenvalue weighted by Gasteiger charge is -2.04. The van der Waals surface area contributed by atoms with Crippen molar-refractivity contribution < 1.29 is 14.7 Å². The molecule has 0 saturated carbocycles. The van der Waals surface area contributed by atoms with Crippen LogP contribution in [0.25, 0.3) is 0 Å². The van der Waals surface area contributed by atoms with Gasteiger partial charge in [0.1, 0.15) is 0 Å². The molecule has 1 aromatic carbocycles. The Kier molecular flexibility index (Phi) is 4.95. The summed E-state index contributed by atoms with van der Waals surface area (Å²) in [6.07, 6.45) is 0. The summed E-state index contributed by atoms with van der Waals surface area (Å²) in [5.74, 6) is -1.13. The number of rotatable bonds is 4. The molecular weight excluding hydrogens is 410 g/mol. The highest BCUT2D eigenvalue weighted by molar-refractivity contribution is 9.13. The van der Waals surface area contributed by atoms with E-state index in [4.69, 9.17) is 5.11 Å². The standard InChI is InChI=1S/C13H9Br2NO3S/c14-9-5-10(20-11(9)15)12(17)16-6-7-1-3-8(4-2-7)13(18)19/h1-5H,6H2,(H,16,17)(H,18,19). The molecule has 4 nitrogen and oxygen atoms in total. The van der Waals surface area contributed by atoms with E-state index in [0.717, 1.165) is 13.8 Å². The maximum absolute atomic E-state index is 11.9. The fraction of sp³-hybridized carbons (Fsp3) is 0.0769. The first kappa shape index (κ1) is 15.2. The number of carbonyl (C=O) groups excluding carboxylic acids is 1. The van der Waals surface area contributed by atoms with E-state index in [-0.39, 0.29) is 11.5 Å². The predicted molar refractivity (Wildman–Crippen MR) is 84.3 cm³/mol. The minimum absolute atomic E-state index is 0.163. The van der Waals surface area contributed by atoms with Crippen LogP contribution < -0.4 is 5.32 Å². The maximum Gasteiger partial charge on any atom is 0.335 e. The van der Waals surface area contributed by atoms with E-state index in [1.807, 2.05) is 0 Å². The Balaban J connectivity index is 1.98. The zero-order valence-corrected chi connectivity index (χ0v) is 14.0. The van der Waals surface area contributed by atoms with Crippen molar-refractivity contribution in [1.82, 2.24) is 5.32 Å². The first-order chi connectivity index (χ1) is 9.47. The second kappa shape index (κ2) is 6.51. The van der Waals surface area contributed by atoms with Crippen molar-refractivity contribution in [2.24, 2.45) is 0 Å². The van der Waals surface area contributed by atoms with Crippen molar-refractivity contribution in [3.8, 4) is 0 Å². The Bertz CT molecular complexity index is 633. The Morgan fingerprint density at radius 2 is 1.85 bits per heavy atom. The Morgan fingerprint density at radius 3 is 2.35 bits per heavy atom. The summed E-state index contributed by atoms with van der Waals surface area (Å²) in [6.45, 7) is 0.353. The molecule has 0 atom stereocenters. The molecule has 2 aromatic rings. The van der Waals surface area contributed by atoms with Crippen molar-refractivity contribution >= 4 is 55.1 Å². The lowest BCUT2D eigenvalue weighted by Crippen LogP contribution is -2.21. The Morgan fingerprint density at radius 1 is 1.20 bits per heavy atom. The highest BCUT2D eigenvalue weighted by atomic mass is 79.9. The van der Waals surface area contributed by atoms with Crippen molar-refractivity contribution in [3.05, 3.63) is 54.6 Å². The largest absolute Gasteiger partial charge is 0.478 e. The number of nitrogens with one attached hydrogen (secondary N) is 1. The van der Waals surface area contributed by atoms with Gasteiger partial charge in [-0.2, -0.15) is 0 Å². The molecule has 0 saturated heterocycles. The van der Waals surface area contributed by atoms with Crippen LogP contribution in [0.4, 0.5) is 0 Å². The van der Waals surface area contributed by atoms with E-state index in [1.54, 1.807) is 18.2 Å². The molecule has 0 fully saturated rings. The summed E-state index contributed by atoms with van der Waals surface area (Å²) < 4.78 is 1.71. The third-order valence-electron chi connectivity index (χ3n) is 2.52. The quantitative estimate of drug-likeness (QED) is 0.791. The van der Waals surface area contributed by atoms with Crippen LogP contribution in [0.5, 0.6) is 0 Å². The zero-order valence-electron chi connectivity index (χ0n) is 10.0. The first-order valence-electron chi connectivity index (χ1n) is 5.52. The molecule has 104 valence electrons. The molecule has 0 aliphatic heterocycles. The molecule has 1 heterocycles. The molecule has 0 aliphatic rings. The predicted octanol–water partition coefficient (Wildman–Crippen LogP) is 3.90. The van der Waals surface area contributed by atoms with E-state index in [2.05, 4.69) is 37.2 Å². The van der Waals surface area contributed by atoms with Gasteiger partial charge in [0.25, 0.3) is 5.91 Å². The van der Waals surface area contributed by atoms with E-state index >= 15 is 0 Å². The minimum atomic E-state index is -0.964. The van der Waals surface area contributed by atoms with Gasteiger partial charge in [-0.15, -0.1) is 11.3 Å². The number of halogens is 2. The number of amides is 1. The normalized spacial score (nSPS) is 10.3. The van der Waals surface area contributed by atoms with Gasteiger partial charge in [-0.1, -0.05) is 12.1 Å². The summed E-state index contributed by atoms with van der Waals surface area (Å²) >= 11 is 8.01. The molecule has 0 bridgehead atoms. The zero-order chi connectivity index (χ0) is 14.7. The van der Waals surface area contributed by atoms with Crippen LogP contribution in [0, 0.1) is 0 Å². The highest BCUT2D eigenvalue weighted by Crippen LogP contribution is 2.32. The van der Waals surface area contributed by atoms with Crippen molar-refractivity contribution in [1.29, 1.82) is 0 Å². The van der Waals surface area contributed by atoms with Crippen LogP contribution >= 0.6 is 43.2 Å². The lowest BCUT2D eigenvalue weighted by atomic mass is 10.1. The van der Waals surface area contributed by atoms with Crippen LogP contribution in [0.15, 0.2) is 38.6 Å². The Hall–Kier alpha value is -1.18. The van der Waals surface area contributed by atoms with Gasteiger partial charge in [0.2, 0.25) is 0 Å². The second-order valence-electron chi connectivity index (χ2n) is 3.92. The molecule has 0 spiro atoms. The topological polar surface area (TPSA) is 66.4 Å². The summed E-state index contributed by atoms with van der Waals surface area (Å²) in [6, 6.07) is 8.15. The van der Waals surface area contributed by atoms with Gasteiger partial charge in [0, 0.05) is 11.0 Å². The van der Waals surface area contributed by atoms with Gasteiger partial charge < -0.3 is 10.4 Å². The molecule has 20 heavy (non-hydrogen) atoms. The van der Waals surface area contributed by atoms with Gasteiger partial charge in [-0.3, -0.25) is 4.79 Å².